The highest BCUT2D eigenvalue weighted by Gasteiger charge is 2.70. The molecule has 0 aromatic rings. The molecule has 0 spiro atoms. The number of carbonyl (C=O) groups is 1. The SMILES string of the molecule is C=C1CC[C@]2(C)CC[C@]3(C)[C@H](CC[C@H]4C3(C)CC[C@H]3C(C)(C)[C@@H](OC(C)=O)CC[C@@]34C)[C@H]2[C@@H]1C. The molecule has 2 nitrogen and oxygen atoms in total. The second-order valence-electron chi connectivity index (χ2n) is 15.3. The topological polar surface area (TPSA) is 26.3 Å². The molecule has 192 valence electrons. The van der Waals surface area contributed by atoms with Crippen molar-refractivity contribution < 1.29 is 9.53 Å². The van der Waals surface area contributed by atoms with Crippen molar-refractivity contribution in [1.82, 2.24) is 0 Å². The zero-order valence-electron chi connectivity index (χ0n) is 23.6. The van der Waals surface area contributed by atoms with Crippen LogP contribution in [0.3, 0.4) is 0 Å². The molecule has 0 amide bonds. The third-order valence-corrected chi connectivity index (χ3v) is 13.8. The van der Waals surface area contributed by atoms with Gasteiger partial charge in [0.05, 0.1) is 0 Å². The van der Waals surface area contributed by atoms with Crippen LogP contribution >= 0.6 is 0 Å². The maximum atomic E-state index is 11.9. The Labute approximate surface area is 210 Å². The summed E-state index contributed by atoms with van der Waals surface area (Å²) >= 11 is 0. The van der Waals surface area contributed by atoms with E-state index in [9.17, 15) is 4.79 Å². The van der Waals surface area contributed by atoms with Crippen molar-refractivity contribution in [3.05, 3.63) is 12.2 Å². The summed E-state index contributed by atoms with van der Waals surface area (Å²) < 4.78 is 5.91. The molecule has 0 N–H and O–H groups in total. The van der Waals surface area contributed by atoms with Crippen LogP contribution in [0.15, 0.2) is 12.2 Å². The van der Waals surface area contributed by atoms with Crippen LogP contribution in [-0.4, -0.2) is 12.1 Å². The first-order valence-corrected chi connectivity index (χ1v) is 14.6. The summed E-state index contributed by atoms with van der Waals surface area (Å²) in [6, 6.07) is 0. The quantitative estimate of drug-likeness (QED) is 0.284. The highest BCUT2D eigenvalue weighted by Crippen LogP contribution is 2.77. The third-order valence-electron chi connectivity index (χ3n) is 13.8. The van der Waals surface area contributed by atoms with Gasteiger partial charge < -0.3 is 4.74 Å². The van der Waals surface area contributed by atoms with Crippen molar-refractivity contribution in [1.29, 1.82) is 0 Å². The number of hydrogen-bond donors (Lipinski definition) is 0. The van der Waals surface area contributed by atoms with Gasteiger partial charge in [0, 0.05) is 12.3 Å². The fourth-order valence-electron chi connectivity index (χ4n) is 11.8. The van der Waals surface area contributed by atoms with Crippen LogP contribution in [0.5, 0.6) is 0 Å². The number of ether oxygens (including phenoxy) is 1. The minimum atomic E-state index is -0.108. The largest absolute Gasteiger partial charge is 0.462 e. The maximum absolute atomic E-state index is 11.9. The van der Waals surface area contributed by atoms with E-state index in [0.717, 1.165) is 24.2 Å². The van der Waals surface area contributed by atoms with Crippen LogP contribution in [0.1, 0.15) is 120 Å². The monoisotopic (exact) mass is 468 g/mol. The third kappa shape index (κ3) is 3.08. The molecule has 0 bridgehead atoms. The van der Waals surface area contributed by atoms with Gasteiger partial charge in [-0.25, -0.2) is 0 Å². The molecular formula is C32H52O2. The minimum absolute atomic E-state index is 0.0541. The van der Waals surface area contributed by atoms with Gasteiger partial charge in [0.1, 0.15) is 6.10 Å². The number of hydrogen-bond acceptors (Lipinski definition) is 2. The fourth-order valence-corrected chi connectivity index (χ4v) is 11.8. The van der Waals surface area contributed by atoms with E-state index in [4.69, 9.17) is 4.74 Å². The molecule has 0 radical (unpaired) electrons. The fraction of sp³-hybridized carbons (Fsp3) is 0.906. The predicted octanol–water partition coefficient (Wildman–Crippen LogP) is 8.60. The molecule has 34 heavy (non-hydrogen) atoms. The van der Waals surface area contributed by atoms with Crippen LogP contribution in [0, 0.1) is 56.7 Å². The van der Waals surface area contributed by atoms with Gasteiger partial charge in [0.25, 0.3) is 0 Å². The second kappa shape index (κ2) is 7.61. The van der Waals surface area contributed by atoms with Crippen LogP contribution in [-0.2, 0) is 9.53 Å². The molecule has 0 aromatic carbocycles. The van der Waals surface area contributed by atoms with Gasteiger partial charge >= 0.3 is 5.97 Å². The Kier molecular flexibility index (Phi) is 5.57. The first-order valence-electron chi connectivity index (χ1n) is 14.6. The standard InChI is InChI=1S/C32H52O2/c1-20-12-15-29(6)18-19-31(8)23(27(29)21(20)2)10-11-25-30(7)16-14-26(34-22(3)33)28(4,5)24(30)13-17-32(25,31)9/h21,23-27H,1,10-19H2,2-9H3/t21-,23-,24+,25-,26+,27-,29-,30+,31-,32?/m1/s1. The van der Waals surface area contributed by atoms with Crippen LogP contribution < -0.4 is 0 Å². The zero-order chi connectivity index (χ0) is 24.9. The molecule has 0 heterocycles. The number of fused-ring (bicyclic) bond motifs is 7. The molecule has 5 aliphatic rings. The van der Waals surface area contributed by atoms with E-state index in [1.54, 1.807) is 6.92 Å². The smallest absolute Gasteiger partial charge is 0.302 e. The minimum Gasteiger partial charge on any atom is -0.462 e. The Morgan fingerprint density at radius 2 is 1.56 bits per heavy atom. The first kappa shape index (κ1) is 24.9. The molecule has 2 heteroatoms. The van der Waals surface area contributed by atoms with Gasteiger partial charge in [0.2, 0.25) is 0 Å². The van der Waals surface area contributed by atoms with E-state index in [2.05, 4.69) is 55.0 Å². The first-order chi connectivity index (χ1) is 15.7. The second-order valence-corrected chi connectivity index (χ2v) is 15.3. The number of allylic oxidation sites excluding steroid dienone is 1. The Hall–Kier alpha value is -0.790. The van der Waals surface area contributed by atoms with Crippen LogP contribution in [0.2, 0.25) is 0 Å². The lowest BCUT2D eigenvalue weighted by atomic mass is 9.31. The van der Waals surface area contributed by atoms with Gasteiger partial charge in [0.15, 0.2) is 0 Å². The van der Waals surface area contributed by atoms with Crippen molar-refractivity contribution in [2.24, 2.45) is 56.7 Å². The Bertz CT molecular complexity index is 872. The summed E-state index contributed by atoms with van der Waals surface area (Å²) in [6.07, 6.45) is 13.2. The lowest BCUT2D eigenvalue weighted by Crippen LogP contribution is -2.67. The Balaban J connectivity index is 1.50. The molecule has 0 aliphatic heterocycles. The molecule has 0 aromatic heterocycles. The predicted molar refractivity (Wildman–Crippen MR) is 140 cm³/mol. The molecule has 5 saturated carbocycles. The van der Waals surface area contributed by atoms with E-state index in [-0.39, 0.29) is 17.5 Å². The average molecular weight is 469 g/mol. The molecule has 5 fully saturated rings. The lowest BCUT2D eigenvalue weighted by molar-refractivity contribution is -0.253. The van der Waals surface area contributed by atoms with E-state index in [0.29, 0.717) is 33.5 Å². The summed E-state index contributed by atoms with van der Waals surface area (Å²) in [6.45, 7) is 24.2. The summed E-state index contributed by atoms with van der Waals surface area (Å²) in [5.41, 5.74) is 3.28. The van der Waals surface area contributed by atoms with Gasteiger partial charge in [-0.15, -0.1) is 0 Å². The highest BCUT2D eigenvalue weighted by molar-refractivity contribution is 5.66. The van der Waals surface area contributed by atoms with Gasteiger partial charge in [-0.3, -0.25) is 4.79 Å². The van der Waals surface area contributed by atoms with Gasteiger partial charge in [-0.05, 0) is 115 Å². The van der Waals surface area contributed by atoms with E-state index < -0.39 is 0 Å². The summed E-state index contributed by atoms with van der Waals surface area (Å²) in [7, 11) is 0. The molecule has 10 atom stereocenters. The number of carbonyl (C=O) groups excluding carboxylic acids is 1. The maximum Gasteiger partial charge on any atom is 0.302 e. The number of esters is 1. The highest BCUT2D eigenvalue weighted by atomic mass is 16.5. The van der Waals surface area contributed by atoms with E-state index in [1.165, 1.54) is 63.4 Å². The number of rotatable bonds is 1. The van der Waals surface area contributed by atoms with Crippen molar-refractivity contribution >= 4 is 5.97 Å². The van der Waals surface area contributed by atoms with Crippen molar-refractivity contribution in [2.75, 3.05) is 0 Å². The molecule has 5 rings (SSSR count). The lowest BCUT2D eigenvalue weighted by Gasteiger charge is -2.73. The van der Waals surface area contributed by atoms with Gasteiger partial charge in [-0.2, -0.15) is 0 Å². The summed E-state index contributed by atoms with van der Waals surface area (Å²) in [5, 5.41) is 0. The Morgan fingerprint density at radius 3 is 2.24 bits per heavy atom. The van der Waals surface area contributed by atoms with E-state index >= 15 is 0 Å². The van der Waals surface area contributed by atoms with Crippen molar-refractivity contribution in [3.8, 4) is 0 Å². The summed E-state index contributed by atoms with van der Waals surface area (Å²) in [4.78, 5) is 11.9. The zero-order valence-corrected chi connectivity index (χ0v) is 23.6. The average Bonchev–Trinajstić information content (AvgIpc) is 2.74. The van der Waals surface area contributed by atoms with Gasteiger partial charge in [-0.1, -0.05) is 60.6 Å². The summed E-state index contributed by atoms with van der Waals surface area (Å²) in [5.74, 6) is 3.64. The molecule has 1 unspecified atom stereocenters. The van der Waals surface area contributed by atoms with Crippen molar-refractivity contribution in [3.63, 3.8) is 0 Å². The normalized spacial score (nSPS) is 54.2. The molecule has 0 saturated heterocycles. The molecule has 5 aliphatic carbocycles. The van der Waals surface area contributed by atoms with E-state index in [1.807, 2.05) is 0 Å². The van der Waals surface area contributed by atoms with Crippen molar-refractivity contribution in [2.45, 2.75) is 126 Å². The molecular weight excluding hydrogens is 416 g/mol. The van der Waals surface area contributed by atoms with Crippen LogP contribution in [0.4, 0.5) is 0 Å². The Morgan fingerprint density at radius 1 is 0.853 bits per heavy atom. The van der Waals surface area contributed by atoms with Crippen LogP contribution in [0.25, 0.3) is 0 Å².